The van der Waals surface area contributed by atoms with Crippen molar-refractivity contribution in [2.45, 2.75) is 38.6 Å². The number of ether oxygens (including phenoxy) is 1. The Labute approximate surface area is 160 Å². The summed E-state index contributed by atoms with van der Waals surface area (Å²) in [5, 5.41) is 16.0. The Morgan fingerprint density at radius 3 is 2.85 bits per heavy atom. The first kappa shape index (κ1) is 20.4. The maximum atomic E-state index is 12.4. The molecule has 27 heavy (non-hydrogen) atoms. The van der Waals surface area contributed by atoms with Crippen molar-refractivity contribution >= 4 is 40.2 Å². The molecule has 1 atom stereocenters. The van der Waals surface area contributed by atoms with Crippen LogP contribution in [0.25, 0.3) is 0 Å². The molecule has 0 saturated carbocycles. The number of imide groups is 1. The lowest BCUT2D eigenvalue weighted by molar-refractivity contribution is -0.150. The van der Waals surface area contributed by atoms with E-state index in [0.717, 1.165) is 17.7 Å². The fourth-order valence-corrected chi connectivity index (χ4v) is 3.32. The zero-order chi connectivity index (χ0) is 20.0. The third kappa shape index (κ3) is 4.83. The predicted molar refractivity (Wildman–Crippen MR) is 96.8 cm³/mol. The van der Waals surface area contributed by atoms with Gasteiger partial charge in [0.1, 0.15) is 23.2 Å². The van der Waals surface area contributed by atoms with Gasteiger partial charge in [-0.15, -0.1) is 11.3 Å². The van der Waals surface area contributed by atoms with Crippen LogP contribution >= 0.6 is 11.3 Å². The largest absolute Gasteiger partial charge is 0.454 e. The van der Waals surface area contributed by atoms with Crippen LogP contribution in [0.5, 0.6) is 0 Å². The monoisotopic (exact) mass is 392 g/mol. The fraction of sp³-hybridized carbons (Fsp3) is 0.471. The molecule has 2 heterocycles. The van der Waals surface area contributed by atoms with Crippen molar-refractivity contribution in [3.8, 4) is 6.07 Å². The first-order valence-electron chi connectivity index (χ1n) is 8.38. The molecule has 0 unspecified atom stereocenters. The van der Waals surface area contributed by atoms with Gasteiger partial charge in [0, 0.05) is 0 Å². The number of rotatable bonds is 8. The van der Waals surface area contributed by atoms with Crippen LogP contribution in [-0.2, 0) is 19.1 Å². The summed E-state index contributed by atoms with van der Waals surface area (Å²) < 4.78 is 4.83. The highest BCUT2D eigenvalue weighted by atomic mass is 32.1. The van der Waals surface area contributed by atoms with E-state index in [9.17, 15) is 19.2 Å². The van der Waals surface area contributed by atoms with Crippen LogP contribution < -0.4 is 10.6 Å². The molecule has 9 nitrogen and oxygen atoms in total. The van der Waals surface area contributed by atoms with Crippen molar-refractivity contribution in [3.05, 3.63) is 17.0 Å². The van der Waals surface area contributed by atoms with E-state index in [2.05, 4.69) is 10.6 Å². The topological polar surface area (TPSA) is 129 Å². The second-order valence-electron chi connectivity index (χ2n) is 6.24. The SMILES string of the molecule is CCCC[C@@]1(C)NC(=O)N(CC(=O)OCC(=O)Nc2sccc2C#N)C1=O. The summed E-state index contributed by atoms with van der Waals surface area (Å²) in [5.41, 5.74) is -0.720. The molecule has 0 aromatic carbocycles. The van der Waals surface area contributed by atoms with Crippen LogP contribution in [0.2, 0.25) is 0 Å². The van der Waals surface area contributed by atoms with E-state index < -0.39 is 42.5 Å². The quantitative estimate of drug-likeness (QED) is 0.511. The fourth-order valence-electron chi connectivity index (χ4n) is 2.57. The average molecular weight is 392 g/mol. The zero-order valence-electron chi connectivity index (χ0n) is 15.0. The number of hydrogen-bond donors (Lipinski definition) is 2. The highest BCUT2D eigenvalue weighted by Crippen LogP contribution is 2.23. The number of carbonyl (C=O) groups is 4. The summed E-state index contributed by atoms with van der Waals surface area (Å²) in [4.78, 5) is 49.0. The first-order valence-corrected chi connectivity index (χ1v) is 9.26. The summed E-state index contributed by atoms with van der Waals surface area (Å²) in [6.07, 6.45) is 2.10. The Morgan fingerprint density at radius 2 is 2.19 bits per heavy atom. The molecular weight excluding hydrogens is 372 g/mol. The number of esters is 1. The Kier molecular flexibility index (Phi) is 6.52. The standard InChI is InChI=1S/C17H20N4O5S/c1-3-4-6-17(2)15(24)21(16(25)20-17)9-13(23)26-10-12(22)19-14-11(8-18)5-7-27-14/h5,7H,3-4,6,9-10H2,1-2H3,(H,19,22)(H,20,25)/t17-/m1/s1. The van der Waals surface area contributed by atoms with Crippen LogP contribution in [-0.4, -0.2) is 47.4 Å². The number of amides is 4. The second-order valence-corrected chi connectivity index (χ2v) is 7.16. The van der Waals surface area contributed by atoms with Gasteiger partial charge in [0.2, 0.25) is 0 Å². The van der Waals surface area contributed by atoms with Gasteiger partial charge in [-0.1, -0.05) is 19.8 Å². The first-order chi connectivity index (χ1) is 12.8. The molecule has 1 aliphatic rings. The normalized spacial score (nSPS) is 18.8. The van der Waals surface area contributed by atoms with Crippen molar-refractivity contribution in [3.63, 3.8) is 0 Å². The number of urea groups is 1. The molecule has 1 aliphatic heterocycles. The molecular formula is C17H20N4O5S. The number of nitrogens with zero attached hydrogens (tertiary/aromatic N) is 2. The summed E-state index contributed by atoms with van der Waals surface area (Å²) >= 11 is 1.17. The number of unbranched alkanes of at least 4 members (excludes halogenated alkanes) is 1. The predicted octanol–water partition coefficient (Wildman–Crippen LogP) is 1.60. The highest BCUT2D eigenvalue weighted by molar-refractivity contribution is 7.14. The minimum atomic E-state index is -1.03. The number of anilines is 1. The van der Waals surface area contributed by atoms with Gasteiger partial charge >= 0.3 is 12.0 Å². The van der Waals surface area contributed by atoms with E-state index >= 15 is 0 Å². The summed E-state index contributed by atoms with van der Waals surface area (Å²) in [7, 11) is 0. The molecule has 10 heteroatoms. The van der Waals surface area contributed by atoms with Crippen molar-refractivity contribution in [1.82, 2.24) is 10.2 Å². The molecule has 2 N–H and O–H groups in total. The van der Waals surface area contributed by atoms with Crippen LogP contribution in [0.15, 0.2) is 11.4 Å². The van der Waals surface area contributed by atoms with Gasteiger partial charge in [-0.3, -0.25) is 19.3 Å². The van der Waals surface area contributed by atoms with Gasteiger partial charge in [-0.05, 0) is 24.8 Å². The molecule has 1 saturated heterocycles. The molecule has 144 valence electrons. The number of carbonyl (C=O) groups excluding carboxylic acids is 4. The number of thiophene rings is 1. The second kappa shape index (κ2) is 8.64. The van der Waals surface area contributed by atoms with Crippen LogP contribution in [0.4, 0.5) is 9.80 Å². The third-order valence-electron chi connectivity index (χ3n) is 4.07. The summed E-state index contributed by atoms with van der Waals surface area (Å²) in [6, 6.07) is 2.82. The van der Waals surface area contributed by atoms with E-state index in [-0.39, 0.29) is 0 Å². The minimum absolute atomic E-state index is 0.311. The Hall–Kier alpha value is -2.93. The number of nitrogens with one attached hydrogen (secondary N) is 2. The molecule has 1 aromatic heterocycles. The van der Waals surface area contributed by atoms with Gasteiger partial charge in [-0.25, -0.2) is 4.79 Å². The van der Waals surface area contributed by atoms with E-state index in [4.69, 9.17) is 10.00 Å². The van der Waals surface area contributed by atoms with E-state index in [0.29, 0.717) is 17.0 Å². The molecule has 0 radical (unpaired) electrons. The summed E-state index contributed by atoms with van der Waals surface area (Å²) in [5.74, 6) is -1.98. The van der Waals surface area contributed by atoms with E-state index in [1.165, 1.54) is 11.3 Å². The Balaban J connectivity index is 1.85. The average Bonchev–Trinajstić information content (AvgIpc) is 3.16. The third-order valence-corrected chi connectivity index (χ3v) is 4.90. The van der Waals surface area contributed by atoms with Crippen molar-refractivity contribution in [2.75, 3.05) is 18.5 Å². The lowest BCUT2D eigenvalue weighted by Crippen LogP contribution is -2.44. The maximum Gasteiger partial charge on any atom is 0.326 e. The van der Waals surface area contributed by atoms with E-state index in [1.807, 2.05) is 13.0 Å². The van der Waals surface area contributed by atoms with Crippen molar-refractivity contribution in [2.24, 2.45) is 0 Å². The van der Waals surface area contributed by atoms with Crippen LogP contribution in [0.1, 0.15) is 38.7 Å². The van der Waals surface area contributed by atoms with Crippen LogP contribution in [0.3, 0.4) is 0 Å². The van der Waals surface area contributed by atoms with Gasteiger partial charge in [0.05, 0.1) is 5.56 Å². The lowest BCUT2D eigenvalue weighted by atomic mass is 9.95. The molecule has 1 fully saturated rings. The lowest BCUT2D eigenvalue weighted by Gasteiger charge is -2.21. The maximum absolute atomic E-state index is 12.4. The molecule has 0 spiro atoms. The zero-order valence-corrected chi connectivity index (χ0v) is 15.9. The molecule has 2 rings (SSSR count). The molecule has 4 amide bonds. The Morgan fingerprint density at radius 1 is 1.44 bits per heavy atom. The molecule has 1 aromatic rings. The molecule has 0 aliphatic carbocycles. The van der Waals surface area contributed by atoms with Crippen LogP contribution in [0, 0.1) is 11.3 Å². The van der Waals surface area contributed by atoms with E-state index in [1.54, 1.807) is 18.4 Å². The number of hydrogen-bond acceptors (Lipinski definition) is 7. The van der Waals surface area contributed by atoms with Gasteiger partial charge < -0.3 is 15.4 Å². The van der Waals surface area contributed by atoms with Gasteiger partial charge in [-0.2, -0.15) is 5.26 Å². The van der Waals surface area contributed by atoms with Crippen molar-refractivity contribution < 1.29 is 23.9 Å². The molecule has 0 bridgehead atoms. The summed E-state index contributed by atoms with van der Waals surface area (Å²) in [6.45, 7) is 2.44. The van der Waals surface area contributed by atoms with Gasteiger partial charge in [0.15, 0.2) is 6.61 Å². The van der Waals surface area contributed by atoms with Gasteiger partial charge in [0.25, 0.3) is 11.8 Å². The van der Waals surface area contributed by atoms with Crippen molar-refractivity contribution in [1.29, 1.82) is 5.26 Å². The number of nitriles is 1. The highest BCUT2D eigenvalue weighted by Gasteiger charge is 2.47. The minimum Gasteiger partial charge on any atom is -0.454 e. The smallest absolute Gasteiger partial charge is 0.326 e. The Bertz CT molecular complexity index is 799.